The minimum absolute atomic E-state index is 0.00908. The predicted molar refractivity (Wildman–Crippen MR) is 113 cm³/mol. The van der Waals surface area contributed by atoms with Gasteiger partial charge >= 0.3 is 12.3 Å². The van der Waals surface area contributed by atoms with Crippen molar-refractivity contribution in [3.63, 3.8) is 0 Å². The van der Waals surface area contributed by atoms with E-state index in [4.69, 9.17) is 14.2 Å². The van der Waals surface area contributed by atoms with Crippen molar-refractivity contribution in [2.24, 2.45) is 0 Å². The van der Waals surface area contributed by atoms with Crippen molar-refractivity contribution in [2.75, 3.05) is 32.8 Å². The van der Waals surface area contributed by atoms with E-state index in [1.165, 1.54) is 12.1 Å². The van der Waals surface area contributed by atoms with E-state index in [0.29, 0.717) is 6.54 Å². The fourth-order valence-electron chi connectivity index (χ4n) is 3.20. The van der Waals surface area contributed by atoms with Crippen molar-refractivity contribution in [2.45, 2.75) is 25.3 Å². The summed E-state index contributed by atoms with van der Waals surface area (Å²) in [4.78, 5) is 25.8. The molecular formula is C23H25F3N2O5. The Bertz CT molecular complexity index is 924. The van der Waals surface area contributed by atoms with E-state index in [-0.39, 0.29) is 51.0 Å². The summed E-state index contributed by atoms with van der Waals surface area (Å²) in [5, 5.41) is 2.54. The van der Waals surface area contributed by atoms with Gasteiger partial charge in [-0.25, -0.2) is 4.79 Å². The third-order valence-corrected chi connectivity index (χ3v) is 4.91. The van der Waals surface area contributed by atoms with Crippen LogP contribution >= 0.6 is 0 Å². The van der Waals surface area contributed by atoms with E-state index in [9.17, 15) is 22.8 Å². The van der Waals surface area contributed by atoms with Gasteiger partial charge in [-0.3, -0.25) is 4.79 Å². The molecule has 2 aromatic carbocycles. The monoisotopic (exact) mass is 466 g/mol. The number of nitrogens with zero attached hydrogens (tertiary/aromatic N) is 1. The summed E-state index contributed by atoms with van der Waals surface area (Å²) in [5.41, 5.74) is 0.0617. The van der Waals surface area contributed by atoms with Gasteiger partial charge in [-0.1, -0.05) is 36.4 Å². The number of benzene rings is 2. The highest BCUT2D eigenvalue weighted by Gasteiger charge is 2.31. The lowest BCUT2D eigenvalue weighted by Crippen LogP contribution is -2.48. The van der Waals surface area contributed by atoms with Crippen molar-refractivity contribution in [3.8, 4) is 5.75 Å². The van der Waals surface area contributed by atoms with Gasteiger partial charge in [-0.05, 0) is 23.8 Å². The molecule has 33 heavy (non-hydrogen) atoms. The second-order valence-corrected chi connectivity index (χ2v) is 7.41. The summed E-state index contributed by atoms with van der Waals surface area (Å²) in [5.74, 6) is -0.0965. The standard InChI is InChI=1S/C23H25F3N2O5/c24-23(25,26)18-7-4-8-19(13-18)32-16-20-14-28(11-12-31-20)21(29)9-10-27-22(30)33-15-17-5-2-1-3-6-17/h1-8,13,20H,9-12,14-16H2,(H,27,30). The first-order chi connectivity index (χ1) is 15.8. The number of hydrogen-bond donors (Lipinski definition) is 1. The number of hydrogen-bond acceptors (Lipinski definition) is 5. The number of ether oxygens (including phenoxy) is 3. The third kappa shape index (κ3) is 7.98. The Morgan fingerprint density at radius 3 is 2.67 bits per heavy atom. The van der Waals surface area contributed by atoms with E-state index in [1.807, 2.05) is 30.3 Å². The SMILES string of the molecule is O=C(NCCC(=O)N1CCOC(COc2cccc(C(F)(F)F)c2)C1)OCc1ccccc1. The van der Waals surface area contributed by atoms with Gasteiger partial charge in [0.1, 0.15) is 25.1 Å². The first-order valence-electron chi connectivity index (χ1n) is 10.5. The number of morpholine rings is 1. The zero-order valence-corrected chi connectivity index (χ0v) is 17.8. The zero-order chi connectivity index (χ0) is 23.7. The van der Waals surface area contributed by atoms with Gasteiger partial charge in [0.05, 0.1) is 18.7 Å². The normalized spacial score (nSPS) is 16.2. The van der Waals surface area contributed by atoms with Gasteiger partial charge in [-0.15, -0.1) is 0 Å². The van der Waals surface area contributed by atoms with Crippen LogP contribution in [0.5, 0.6) is 5.75 Å². The number of alkyl halides is 3. The number of carbonyl (C=O) groups excluding carboxylic acids is 2. The van der Waals surface area contributed by atoms with Crippen molar-refractivity contribution < 1.29 is 37.0 Å². The number of alkyl carbamates (subject to hydrolysis) is 1. The van der Waals surface area contributed by atoms with E-state index in [2.05, 4.69) is 5.32 Å². The molecule has 1 saturated heterocycles. The van der Waals surface area contributed by atoms with Crippen LogP contribution in [0, 0.1) is 0 Å². The predicted octanol–water partition coefficient (Wildman–Crippen LogP) is 3.63. The summed E-state index contributed by atoms with van der Waals surface area (Å²) in [6.07, 6.45) is -5.45. The fourth-order valence-corrected chi connectivity index (χ4v) is 3.20. The maximum Gasteiger partial charge on any atom is 0.416 e. The van der Waals surface area contributed by atoms with E-state index in [1.54, 1.807) is 4.90 Å². The molecule has 1 aliphatic heterocycles. The topological polar surface area (TPSA) is 77.1 Å². The number of carbonyl (C=O) groups is 2. The molecule has 1 unspecified atom stereocenters. The molecule has 0 spiro atoms. The Morgan fingerprint density at radius 1 is 1.12 bits per heavy atom. The van der Waals surface area contributed by atoms with Crippen LogP contribution in [0.15, 0.2) is 54.6 Å². The molecule has 2 amide bonds. The summed E-state index contributed by atoms with van der Waals surface area (Å²) < 4.78 is 54.6. The summed E-state index contributed by atoms with van der Waals surface area (Å²) in [6.45, 7) is 1.19. The molecule has 1 N–H and O–H groups in total. The molecular weight excluding hydrogens is 441 g/mol. The maximum atomic E-state index is 12.8. The van der Waals surface area contributed by atoms with Crippen LogP contribution in [-0.2, 0) is 27.1 Å². The minimum atomic E-state index is -4.45. The van der Waals surface area contributed by atoms with Crippen LogP contribution in [-0.4, -0.2) is 55.9 Å². The van der Waals surface area contributed by atoms with Gasteiger partial charge < -0.3 is 24.4 Å². The van der Waals surface area contributed by atoms with Crippen LogP contribution in [0.4, 0.5) is 18.0 Å². The molecule has 1 fully saturated rings. The Morgan fingerprint density at radius 2 is 1.91 bits per heavy atom. The molecule has 10 heteroatoms. The molecule has 0 aliphatic carbocycles. The van der Waals surface area contributed by atoms with Crippen LogP contribution < -0.4 is 10.1 Å². The first kappa shape index (κ1) is 24.4. The molecule has 1 heterocycles. The lowest BCUT2D eigenvalue weighted by Gasteiger charge is -2.33. The number of rotatable bonds is 8. The molecule has 2 aromatic rings. The molecule has 7 nitrogen and oxygen atoms in total. The lowest BCUT2D eigenvalue weighted by molar-refractivity contribution is -0.140. The van der Waals surface area contributed by atoms with E-state index >= 15 is 0 Å². The molecule has 1 atom stereocenters. The summed E-state index contributed by atoms with van der Waals surface area (Å²) >= 11 is 0. The molecule has 0 aromatic heterocycles. The van der Waals surface area contributed by atoms with Crippen LogP contribution in [0.3, 0.4) is 0 Å². The Labute approximate surface area is 189 Å². The molecule has 1 aliphatic rings. The first-order valence-corrected chi connectivity index (χ1v) is 10.5. The quantitative estimate of drug-likeness (QED) is 0.643. The highest BCUT2D eigenvalue weighted by atomic mass is 19.4. The smallest absolute Gasteiger partial charge is 0.416 e. The summed E-state index contributed by atoms with van der Waals surface area (Å²) in [7, 11) is 0. The van der Waals surface area contributed by atoms with Crippen molar-refractivity contribution >= 4 is 12.0 Å². The largest absolute Gasteiger partial charge is 0.491 e. The molecule has 178 valence electrons. The highest BCUT2D eigenvalue weighted by molar-refractivity contribution is 5.77. The fraction of sp³-hybridized carbons (Fsp3) is 0.391. The zero-order valence-electron chi connectivity index (χ0n) is 17.8. The summed E-state index contributed by atoms with van der Waals surface area (Å²) in [6, 6.07) is 13.8. The minimum Gasteiger partial charge on any atom is -0.491 e. The van der Waals surface area contributed by atoms with Crippen LogP contribution in [0.2, 0.25) is 0 Å². The van der Waals surface area contributed by atoms with E-state index < -0.39 is 23.9 Å². The highest BCUT2D eigenvalue weighted by Crippen LogP contribution is 2.31. The number of amides is 2. The van der Waals surface area contributed by atoms with Crippen molar-refractivity contribution in [1.29, 1.82) is 0 Å². The molecule has 0 bridgehead atoms. The molecule has 0 radical (unpaired) electrons. The second-order valence-electron chi connectivity index (χ2n) is 7.41. The Kier molecular flexibility index (Phi) is 8.53. The van der Waals surface area contributed by atoms with Gasteiger partial charge in [0.2, 0.25) is 5.91 Å². The van der Waals surface area contributed by atoms with Crippen LogP contribution in [0.25, 0.3) is 0 Å². The number of halogens is 3. The van der Waals surface area contributed by atoms with Gasteiger partial charge in [0, 0.05) is 19.5 Å². The Balaban J connectivity index is 1.37. The average molecular weight is 466 g/mol. The van der Waals surface area contributed by atoms with Gasteiger partial charge in [0.15, 0.2) is 0 Å². The lowest BCUT2D eigenvalue weighted by atomic mass is 10.2. The number of nitrogens with one attached hydrogen (secondary N) is 1. The van der Waals surface area contributed by atoms with E-state index in [0.717, 1.165) is 17.7 Å². The van der Waals surface area contributed by atoms with Gasteiger partial charge in [-0.2, -0.15) is 13.2 Å². The van der Waals surface area contributed by atoms with Gasteiger partial charge in [0.25, 0.3) is 0 Å². The Hall–Kier alpha value is -3.27. The molecule has 0 saturated carbocycles. The van der Waals surface area contributed by atoms with Crippen molar-refractivity contribution in [3.05, 3.63) is 65.7 Å². The third-order valence-electron chi connectivity index (χ3n) is 4.91. The maximum absolute atomic E-state index is 12.8. The van der Waals surface area contributed by atoms with Crippen LogP contribution in [0.1, 0.15) is 17.5 Å². The van der Waals surface area contributed by atoms with Crippen molar-refractivity contribution in [1.82, 2.24) is 10.2 Å². The molecule has 3 rings (SSSR count). The average Bonchev–Trinajstić information content (AvgIpc) is 2.82. The second kappa shape index (κ2) is 11.6.